The summed E-state index contributed by atoms with van der Waals surface area (Å²) in [6.45, 7) is 1.14. The molecule has 0 spiro atoms. The standard InChI is InChI=1S/C15H18N2O3S/c1-16-21(19,20)15-7-3-5-13(9-15)11-17-10-12-4-2-6-14(18)8-12/h2-9,16-18H,10-11H2,1H3. The van der Waals surface area contributed by atoms with Gasteiger partial charge in [0, 0.05) is 13.1 Å². The lowest BCUT2D eigenvalue weighted by atomic mass is 10.2. The second kappa shape index (κ2) is 6.71. The van der Waals surface area contributed by atoms with Crippen molar-refractivity contribution in [3.8, 4) is 5.75 Å². The van der Waals surface area contributed by atoms with Crippen molar-refractivity contribution < 1.29 is 13.5 Å². The van der Waals surface area contributed by atoms with Crippen molar-refractivity contribution in [1.82, 2.24) is 10.0 Å². The largest absolute Gasteiger partial charge is 0.508 e. The molecule has 0 aliphatic rings. The molecule has 0 aliphatic carbocycles. The fourth-order valence-corrected chi connectivity index (χ4v) is 2.76. The summed E-state index contributed by atoms with van der Waals surface area (Å²) >= 11 is 0. The summed E-state index contributed by atoms with van der Waals surface area (Å²) in [7, 11) is -2.02. The molecule has 0 saturated heterocycles. The van der Waals surface area contributed by atoms with Crippen LogP contribution >= 0.6 is 0 Å². The molecule has 0 heterocycles. The molecule has 0 unspecified atom stereocenters. The van der Waals surface area contributed by atoms with Gasteiger partial charge in [-0.3, -0.25) is 0 Å². The molecule has 0 saturated carbocycles. The van der Waals surface area contributed by atoms with E-state index < -0.39 is 10.0 Å². The van der Waals surface area contributed by atoms with Gasteiger partial charge in [0.1, 0.15) is 5.75 Å². The van der Waals surface area contributed by atoms with Crippen LogP contribution in [0.2, 0.25) is 0 Å². The second-order valence-electron chi connectivity index (χ2n) is 4.63. The first-order valence-corrected chi connectivity index (χ1v) is 8.01. The minimum absolute atomic E-state index is 0.233. The van der Waals surface area contributed by atoms with Crippen LogP contribution in [0.15, 0.2) is 53.4 Å². The predicted octanol–water partition coefficient (Wildman–Crippen LogP) is 1.59. The van der Waals surface area contributed by atoms with Crippen molar-refractivity contribution in [3.05, 3.63) is 59.7 Å². The molecule has 0 bridgehead atoms. The maximum atomic E-state index is 11.7. The molecule has 112 valence electrons. The summed E-state index contributed by atoms with van der Waals surface area (Å²) in [6.07, 6.45) is 0. The van der Waals surface area contributed by atoms with Crippen LogP contribution in [-0.4, -0.2) is 20.6 Å². The number of sulfonamides is 1. The van der Waals surface area contributed by atoms with E-state index in [-0.39, 0.29) is 10.6 Å². The number of rotatable bonds is 6. The minimum Gasteiger partial charge on any atom is -0.508 e. The second-order valence-corrected chi connectivity index (χ2v) is 6.51. The summed E-state index contributed by atoms with van der Waals surface area (Å²) in [5.41, 5.74) is 1.85. The lowest BCUT2D eigenvalue weighted by molar-refractivity contribution is 0.474. The highest BCUT2D eigenvalue weighted by Gasteiger charge is 2.10. The Morgan fingerprint density at radius 3 is 2.24 bits per heavy atom. The Hall–Kier alpha value is -1.89. The monoisotopic (exact) mass is 306 g/mol. The smallest absolute Gasteiger partial charge is 0.240 e. The average molecular weight is 306 g/mol. The van der Waals surface area contributed by atoms with Crippen LogP contribution in [0.25, 0.3) is 0 Å². The number of benzene rings is 2. The topological polar surface area (TPSA) is 78.4 Å². The number of phenolic OH excluding ortho intramolecular Hbond substituents is 1. The van der Waals surface area contributed by atoms with Gasteiger partial charge in [-0.2, -0.15) is 0 Å². The van der Waals surface area contributed by atoms with Gasteiger partial charge in [0.05, 0.1) is 4.90 Å². The number of hydrogen-bond donors (Lipinski definition) is 3. The summed E-state index contributed by atoms with van der Waals surface area (Å²) in [5.74, 6) is 0.233. The summed E-state index contributed by atoms with van der Waals surface area (Å²) in [6, 6.07) is 13.8. The van der Waals surface area contributed by atoms with Crippen LogP contribution in [0.3, 0.4) is 0 Å². The molecule has 0 aromatic heterocycles. The van der Waals surface area contributed by atoms with Gasteiger partial charge in [0.2, 0.25) is 10.0 Å². The van der Waals surface area contributed by atoms with Gasteiger partial charge in [-0.05, 0) is 42.4 Å². The maximum Gasteiger partial charge on any atom is 0.240 e. The first kappa shape index (κ1) is 15.5. The fourth-order valence-electron chi connectivity index (χ4n) is 1.96. The number of phenols is 1. The zero-order valence-electron chi connectivity index (χ0n) is 11.7. The van der Waals surface area contributed by atoms with Crippen molar-refractivity contribution in [1.29, 1.82) is 0 Å². The quantitative estimate of drug-likeness (QED) is 0.757. The number of nitrogens with one attached hydrogen (secondary N) is 2. The van der Waals surface area contributed by atoms with Gasteiger partial charge in [0.25, 0.3) is 0 Å². The van der Waals surface area contributed by atoms with Crippen LogP contribution < -0.4 is 10.0 Å². The molecular weight excluding hydrogens is 288 g/mol. The van der Waals surface area contributed by atoms with E-state index in [9.17, 15) is 13.5 Å². The van der Waals surface area contributed by atoms with Crippen molar-refractivity contribution in [2.75, 3.05) is 7.05 Å². The highest BCUT2D eigenvalue weighted by molar-refractivity contribution is 7.89. The third-order valence-corrected chi connectivity index (χ3v) is 4.46. The maximum absolute atomic E-state index is 11.7. The minimum atomic E-state index is -3.41. The SMILES string of the molecule is CNS(=O)(=O)c1cccc(CNCc2cccc(O)c2)c1. The Kier molecular flexibility index (Phi) is 4.95. The van der Waals surface area contributed by atoms with Gasteiger partial charge >= 0.3 is 0 Å². The van der Waals surface area contributed by atoms with Crippen LogP contribution in [0.4, 0.5) is 0 Å². The van der Waals surface area contributed by atoms with E-state index in [1.54, 1.807) is 36.4 Å². The summed E-state index contributed by atoms with van der Waals surface area (Å²) in [5, 5.41) is 12.6. The first-order valence-electron chi connectivity index (χ1n) is 6.52. The van der Waals surface area contributed by atoms with Gasteiger partial charge in [-0.1, -0.05) is 24.3 Å². The Bertz CT molecular complexity index is 714. The molecule has 0 atom stereocenters. The third-order valence-electron chi connectivity index (χ3n) is 3.05. The van der Waals surface area contributed by atoms with Gasteiger partial charge in [0.15, 0.2) is 0 Å². The van der Waals surface area contributed by atoms with Crippen molar-refractivity contribution in [3.63, 3.8) is 0 Å². The fraction of sp³-hybridized carbons (Fsp3) is 0.200. The Balaban J connectivity index is 1.99. The van der Waals surface area contributed by atoms with Gasteiger partial charge in [-0.15, -0.1) is 0 Å². The Labute approximate surface area is 124 Å². The summed E-state index contributed by atoms with van der Waals surface area (Å²) in [4.78, 5) is 0.252. The molecule has 2 aromatic carbocycles. The van der Waals surface area contributed by atoms with Crippen LogP contribution in [0.1, 0.15) is 11.1 Å². The normalized spacial score (nSPS) is 11.5. The molecule has 0 fully saturated rings. The van der Waals surface area contributed by atoms with Crippen molar-refractivity contribution >= 4 is 10.0 Å². The van der Waals surface area contributed by atoms with E-state index >= 15 is 0 Å². The highest BCUT2D eigenvalue weighted by Crippen LogP contribution is 2.12. The molecular formula is C15H18N2O3S. The van der Waals surface area contributed by atoms with E-state index in [0.29, 0.717) is 13.1 Å². The van der Waals surface area contributed by atoms with E-state index in [4.69, 9.17) is 0 Å². The molecule has 21 heavy (non-hydrogen) atoms. The zero-order chi connectivity index (χ0) is 15.3. The van der Waals surface area contributed by atoms with E-state index in [2.05, 4.69) is 10.0 Å². The number of hydrogen-bond acceptors (Lipinski definition) is 4. The van der Waals surface area contributed by atoms with Gasteiger partial charge < -0.3 is 10.4 Å². The first-order chi connectivity index (χ1) is 10.0. The average Bonchev–Trinajstić information content (AvgIpc) is 2.48. The van der Waals surface area contributed by atoms with E-state index in [1.165, 1.54) is 7.05 Å². The third kappa shape index (κ3) is 4.29. The molecule has 6 heteroatoms. The Morgan fingerprint density at radius 2 is 1.62 bits per heavy atom. The number of aromatic hydroxyl groups is 1. The van der Waals surface area contributed by atoms with Crippen LogP contribution in [0.5, 0.6) is 5.75 Å². The predicted molar refractivity (Wildman–Crippen MR) is 81.3 cm³/mol. The van der Waals surface area contributed by atoms with Crippen LogP contribution in [-0.2, 0) is 23.1 Å². The molecule has 0 amide bonds. The molecule has 0 aliphatic heterocycles. The molecule has 5 nitrogen and oxygen atoms in total. The van der Waals surface area contributed by atoms with Crippen LogP contribution in [0, 0.1) is 0 Å². The molecule has 0 radical (unpaired) electrons. The van der Waals surface area contributed by atoms with Gasteiger partial charge in [-0.25, -0.2) is 13.1 Å². The molecule has 3 N–H and O–H groups in total. The lowest BCUT2D eigenvalue weighted by Crippen LogP contribution is -2.19. The summed E-state index contributed by atoms with van der Waals surface area (Å²) < 4.78 is 25.8. The van der Waals surface area contributed by atoms with E-state index in [0.717, 1.165) is 11.1 Å². The lowest BCUT2D eigenvalue weighted by Gasteiger charge is -2.08. The van der Waals surface area contributed by atoms with Crippen molar-refractivity contribution in [2.24, 2.45) is 0 Å². The highest BCUT2D eigenvalue weighted by atomic mass is 32.2. The zero-order valence-corrected chi connectivity index (χ0v) is 12.5. The van der Waals surface area contributed by atoms with Crippen molar-refractivity contribution in [2.45, 2.75) is 18.0 Å². The Morgan fingerprint density at radius 1 is 1.00 bits per heavy atom. The molecule has 2 aromatic rings. The molecule has 2 rings (SSSR count). The van der Waals surface area contributed by atoms with E-state index in [1.807, 2.05) is 12.1 Å².